The molecule has 0 aliphatic carbocycles. The van der Waals surface area contributed by atoms with E-state index in [1.54, 1.807) is 24.1 Å². The molecule has 1 aliphatic rings. The van der Waals surface area contributed by atoms with Crippen molar-refractivity contribution < 1.29 is 13.2 Å². The highest BCUT2D eigenvalue weighted by Crippen LogP contribution is 2.18. The minimum atomic E-state index is -3.48. The summed E-state index contributed by atoms with van der Waals surface area (Å²) in [6.07, 6.45) is 0.941. The van der Waals surface area contributed by atoms with Crippen LogP contribution >= 0.6 is 12.4 Å². The van der Waals surface area contributed by atoms with Gasteiger partial charge < -0.3 is 10.2 Å². The first-order chi connectivity index (χ1) is 10.9. The zero-order valence-electron chi connectivity index (χ0n) is 14.4. The molecule has 1 atom stereocenters. The van der Waals surface area contributed by atoms with Gasteiger partial charge in [0.15, 0.2) is 0 Å². The van der Waals surface area contributed by atoms with E-state index in [2.05, 4.69) is 5.32 Å². The quantitative estimate of drug-likeness (QED) is 0.819. The second-order valence-corrected chi connectivity index (χ2v) is 7.61. The van der Waals surface area contributed by atoms with Crippen molar-refractivity contribution >= 4 is 28.3 Å². The van der Waals surface area contributed by atoms with Gasteiger partial charge in [0.2, 0.25) is 10.0 Å². The Morgan fingerprint density at radius 2 is 1.79 bits per heavy atom. The molecule has 0 aromatic heterocycles. The fraction of sp³-hybridized carbons (Fsp3) is 0.562. The molecule has 1 fully saturated rings. The molecule has 1 N–H and O–H groups in total. The van der Waals surface area contributed by atoms with Crippen molar-refractivity contribution in [3.8, 4) is 0 Å². The van der Waals surface area contributed by atoms with Gasteiger partial charge in [-0.25, -0.2) is 8.42 Å². The molecule has 1 aliphatic heterocycles. The molecule has 8 heteroatoms. The summed E-state index contributed by atoms with van der Waals surface area (Å²) in [6, 6.07) is 6.42. The number of nitrogens with zero attached hydrogens (tertiary/aromatic N) is 2. The standard InChI is InChI=1S/C16H25N3O3S.ClH/c1-4-19(5-2)23(21,22)15-8-6-13(7-9-15)16(20)18(3)14-10-11-17-12-14;/h6-9,14,17H,4-5,10-12H2,1-3H3;1H. The second-order valence-electron chi connectivity index (χ2n) is 5.68. The molecule has 1 unspecified atom stereocenters. The van der Waals surface area contributed by atoms with Gasteiger partial charge in [-0.3, -0.25) is 4.79 Å². The summed E-state index contributed by atoms with van der Waals surface area (Å²) in [5, 5.41) is 3.24. The van der Waals surface area contributed by atoms with Gasteiger partial charge in [-0.05, 0) is 37.2 Å². The van der Waals surface area contributed by atoms with E-state index in [9.17, 15) is 13.2 Å². The maximum Gasteiger partial charge on any atom is 0.253 e. The first-order valence-electron chi connectivity index (χ1n) is 7.99. The highest BCUT2D eigenvalue weighted by atomic mass is 35.5. The Kier molecular flexibility index (Phi) is 7.66. The number of nitrogens with one attached hydrogen (secondary N) is 1. The average molecular weight is 376 g/mol. The van der Waals surface area contributed by atoms with E-state index in [1.807, 2.05) is 13.8 Å². The number of rotatable bonds is 6. The van der Waals surface area contributed by atoms with Crippen LogP contribution in [0.5, 0.6) is 0 Å². The monoisotopic (exact) mass is 375 g/mol. The largest absolute Gasteiger partial charge is 0.337 e. The van der Waals surface area contributed by atoms with Crippen LogP contribution in [0.15, 0.2) is 29.2 Å². The first-order valence-corrected chi connectivity index (χ1v) is 9.43. The summed E-state index contributed by atoms with van der Waals surface area (Å²) >= 11 is 0. The van der Waals surface area contributed by atoms with Crippen LogP contribution in [0.25, 0.3) is 0 Å². The van der Waals surface area contributed by atoms with Gasteiger partial charge in [0.05, 0.1) is 4.90 Å². The lowest BCUT2D eigenvalue weighted by molar-refractivity contribution is 0.0743. The van der Waals surface area contributed by atoms with E-state index in [4.69, 9.17) is 0 Å². The van der Waals surface area contributed by atoms with E-state index >= 15 is 0 Å². The fourth-order valence-electron chi connectivity index (χ4n) is 2.82. The number of likely N-dealkylation sites (N-methyl/N-ethyl adjacent to an activating group) is 1. The zero-order valence-corrected chi connectivity index (χ0v) is 16.0. The lowest BCUT2D eigenvalue weighted by Gasteiger charge is -2.24. The van der Waals surface area contributed by atoms with E-state index < -0.39 is 10.0 Å². The van der Waals surface area contributed by atoms with Crippen molar-refractivity contribution in [1.82, 2.24) is 14.5 Å². The minimum Gasteiger partial charge on any atom is -0.337 e. The second kappa shape index (κ2) is 8.80. The third kappa shape index (κ3) is 4.27. The lowest BCUT2D eigenvalue weighted by Crippen LogP contribution is -2.38. The smallest absolute Gasteiger partial charge is 0.253 e. The predicted molar refractivity (Wildman–Crippen MR) is 97.2 cm³/mol. The predicted octanol–water partition coefficient (Wildman–Crippen LogP) is 1.57. The van der Waals surface area contributed by atoms with Crippen molar-refractivity contribution in [2.24, 2.45) is 0 Å². The number of hydrogen-bond donors (Lipinski definition) is 1. The van der Waals surface area contributed by atoms with Gasteiger partial charge in [-0.1, -0.05) is 13.8 Å². The number of carbonyl (C=O) groups is 1. The van der Waals surface area contributed by atoms with Crippen LogP contribution in [0.1, 0.15) is 30.6 Å². The van der Waals surface area contributed by atoms with Crippen LogP contribution in [0.3, 0.4) is 0 Å². The molecule has 6 nitrogen and oxygen atoms in total. The number of hydrogen-bond acceptors (Lipinski definition) is 4. The van der Waals surface area contributed by atoms with Crippen molar-refractivity contribution in [1.29, 1.82) is 0 Å². The molecule has 0 bridgehead atoms. The van der Waals surface area contributed by atoms with Crippen molar-refractivity contribution in [2.75, 3.05) is 33.2 Å². The minimum absolute atomic E-state index is 0. The van der Waals surface area contributed by atoms with Crippen LogP contribution in [0.4, 0.5) is 0 Å². The van der Waals surface area contributed by atoms with E-state index in [0.717, 1.165) is 19.5 Å². The Morgan fingerprint density at radius 1 is 1.21 bits per heavy atom. The SMILES string of the molecule is CCN(CC)S(=O)(=O)c1ccc(C(=O)N(C)C2CCNC2)cc1.Cl. The maximum absolute atomic E-state index is 12.5. The van der Waals surface area contributed by atoms with Gasteiger partial charge in [-0.2, -0.15) is 4.31 Å². The van der Waals surface area contributed by atoms with Gasteiger partial charge in [0.25, 0.3) is 5.91 Å². The Hall–Kier alpha value is -1.15. The van der Waals surface area contributed by atoms with E-state index in [0.29, 0.717) is 18.7 Å². The molecule has 136 valence electrons. The molecule has 0 saturated carbocycles. The van der Waals surface area contributed by atoms with Crippen molar-refractivity contribution in [3.63, 3.8) is 0 Å². The van der Waals surface area contributed by atoms with E-state index in [1.165, 1.54) is 16.4 Å². The Balaban J connectivity index is 0.00000288. The van der Waals surface area contributed by atoms with Gasteiger partial charge in [0.1, 0.15) is 0 Å². The third-order valence-corrected chi connectivity index (χ3v) is 6.41. The van der Waals surface area contributed by atoms with Crippen LogP contribution in [0.2, 0.25) is 0 Å². The third-order valence-electron chi connectivity index (χ3n) is 4.35. The van der Waals surface area contributed by atoms with Gasteiger partial charge >= 0.3 is 0 Å². The molecule has 1 amide bonds. The number of carbonyl (C=O) groups excluding carboxylic acids is 1. The molecule has 24 heavy (non-hydrogen) atoms. The summed E-state index contributed by atoms with van der Waals surface area (Å²) in [6.45, 7) is 6.20. The van der Waals surface area contributed by atoms with Crippen LogP contribution in [-0.4, -0.2) is 62.8 Å². The first kappa shape index (κ1) is 20.9. The van der Waals surface area contributed by atoms with Crippen LogP contribution in [0, 0.1) is 0 Å². The average Bonchev–Trinajstić information content (AvgIpc) is 3.09. The summed E-state index contributed by atoms with van der Waals surface area (Å²) in [4.78, 5) is 14.4. The molecule has 1 aromatic carbocycles. The van der Waals surface area contributed by atoms with Crippen molar-refractivity contribution in [3.05, 3.63) is 29.8 Å². The molecular formula is C16H26ClN3O3S. The Morgan fingerprint density at radius 3 is 2.25 bits per heavy atom. The van der Waals surface area contributed by atoms with Gasteiger partial charge in [0, 0.05) is 38.3 Å². The number of sulfonamides is 1. The molecule has 2 rings (SSSR count). The molecular weight excluding hydrogens is 350 g/mol. The summed E-state index contributed by atoms with van der Waals surface area (Å²) in [5.74, 6) is -0.0783. The normalized spacial score (nSPS) is 17.6. The van der Waals surface area contributed by atoms with Crippen LogP contribution in [-0.2, 0) is 10.0 Å². The Bertz CT molecular complexity index is 639. The lowest BCUT2D eigenvalue weighted by atomic mass is 10.1. The highest BCUT2D eigenvalue weighted by Gasteiger charge is 2.25. The molecule has 1 saturated heterocycles. The van der Waals surface area contributed by atoms with Gasteiger partial charge in [-0.15, -0.1) is 12.4 Å². The zero-order chi connectivity index (χ0) is 17.0. The summed E-state index contributed by atoms with van der Waals surface area (Å²) in [5.41, 5.74) is 0.512. The summed E-state index contributed by atoms with van der Waals surface area (Å²) < 4.78 is 26.3. The molecule has 1 heterocycles. The van der Waals surface area contributed by atoms with E-state index in [-0.39, 0.29) is 29.3 Å². The fourth-order valence-corrected chi connectivity index (χ4v) is 4.28. The number of benzene rings is 1. The molecule has 1 aromatic rings. The topological polar surface area (TPSA) is 69.7 Å². The highest BCUT2D eigenvalue weighted by molar-refractivity contribution is 7.89. The molecule has 0 spiro atoms. The van der Waals surface area contributed by atoms with Crippen LogP contribution < -0.4 is 5.32 Å². The van der Waals surface area contributed by atoms with Crippen molar-refractivity contribution in [2.45, 2.75) is 31.2 Å². The maximum atomic E-state index is 12.5. The number of amides is 1. The molecule has 0 radical (unpaired) electrons. The Labute approximate surface area is 150 Å². The number of halogens is 1. The summed E-state index contributed by atoms with van der Waals surface area (Å²) in [7, 11) is -1.69.